The molecule has 0 radical (unpaired) electrons. The van der Waals surface area contributed by atoms with Crippen LogP contribution in [0.2, 0.25) is 0 Å². The van der Waals surface area contributed by atoms with Crippen LogP contribution in [0.4, 0.5) is 14.5 Å². The van der Waals surface area contributed by atoms with E-state index in [1.807, 2.05) is 6.92 Å². The lowest BCUT2D eigenvalue weighted by molar-refractivity contribution is 0.102. The summed E-state index contributed by atoms with van der Waals surface area (Å²) in [6.07, 6.45) is 0. The Morgan fingerprint density at radius 3 is 2.73 bits per heavy atom. The van der Waals surface area contributed by atoms with Crippen molar-refractivity contribution in [2.24, 2.45) is 0 Å². The maximum Gasteiger partial charge on any atom is 0.275 e. The Balaban J connectivity index is 1.81. The van der Waals surface area contributed by atoms with Gasteiger partial charge in [0.05, 0.1) is 12.3 Å². The first-order chi connectivity index (χ1) is 12.5. The van der Waals surface area contributed by atoms with Crippen LogP contribution in [0, 0.1) is 18.6 Å². The number of ether oxygens (including phenoxy) is 1. The molecule has 1 amide bonds. The molecular formula is C19H16F2N2O2S. The van der Waals surface area contributed by atoms with E-state index < -0.39 is 17.5 Å². The molecule has 7 heteroatoms. The molecule has 0 aliphatic rings. The molecule has 0 fully saturated rings. The second kappa shape index (κ2) is 7.61. The molecule has 3 aromatic rings. The number of benzene rings is 2. The van der Waals surface area contributed by atoms with Gasteiger partial charge < -0.3 is 10.1 Å². The van der Waals surface area contributed by atoms with E-state index in [4.69, 9.17) is 4.74 Å². The molecule has 134 valence electrons. The van der Waals surface area contributed by atoms with E-state index in [9.17, 15) is 13.6 Å². The number of thiazole rings is 1. The van der Waals surface area contributed by atoms with Gasteiger partial charge in [-0.15, -0.1) is 11.3 Å². The molecule has 1 N–H and O–H groups in total. The summed E-state index contributed by atoms with van der Waals surface area (Å²) in [6.45, 7) is 4.05. The monoisotopic (exact) mass is 374 g/mol. The van der Waals surface area contributed by atoms with Gasteiger partial charge in [0.2, 0.25) is 0 Å². The summed E-state index contributed by atoms with van der Waals surface area (Å²) in [5.41, 5.74) is 1.27. The third-order valence-electron chi connectivity index (χ3n) is 3.59. The van der Waals surface area contributed by atoms with Crippen LogP contribution in [0.5, 0.6) is 5.75 Å². The quantitative estimate of drug-likeness (QED) is 0.680. The zero-order valence-corrected chi connectivity index (χ0v) is 15.0. The number of rotatable bonds is 5. The van der Waals surface area contributed by atoms with E-state index in [1.165, 1.54) is 23.6 Å². The Morgan fingerprint density at radius 1 is 1.19 bits per heavy atom. The van der Waals surface area contributed by atoms with Crippen molar-refractivity contribution in [3.8, 4) is 16.3 Å². The lowest BCUT2D eigenvalue weighted by Gasteiger charge is -2.06. The molecule has 1 aromatic heterocycles. The van der Waals surface area contributed by atoms with Crippen molar-refractivity contribution in [2.45, 2.75) is 13.8 Å². The minimum Gasteiger partial charge on any atom is -0.494 e. The van der Waals surface area contributed by atoms with E-state index >= 15 is 0 Å². The molecule has 0 spiro atoms. The first-order valence-corrected chi connectivity index (χ1v) is 8.81. The van der Waals surface area contributed by atoms with Crippen molar-refractivity contribution in [2.75, 3.05) is 11.9 Å². The molecule has 26 heavy (non-hydrogen) atoms. The highest BCUT2D eigenvalue weighted by atomic mass is 32.1. The largest absolute Gasteiger partial charge is 0.494 e. The van der Waals surface area contributed by atoms with Gasteiger partial charge >= 0.3 is 0 Å². The van der Waals surface area contributed by atoms with Crippen LogP contribution in [0.25, 0.3) is 10.6 Å². The first kappa shape index (κ1) is 18.0. The highest BCUT2D eigenvalue weighted by molar-refractivity contribution is 7.13. The molecule has 0 unspecified atom stereocenters. The first-order valence-electron chi connectivity index (χ1n) is 7.93. The summed E-state index contributed by atoms with van der Waals surface area (Å²) in [5.74, 6) is -1.14. The lowest BCUT2D eigenvalue weighted by atomic mass is 10.2. The lowest BCUT2D eigenvalue weighted by Crippen LogP contribution is -2.13. The number of nitrogens with zero attached hydrogens (tertiary/aromatic N) is 1. The predicted octanol–water partition coefficient (Wildman–Crippen LogP) is 5.05. The molecule has 0 aliphatic carbocycles. The minimum atomic E-state index is -0.552. The molecular weight excluding hydrogens is 358 g/mol. The third-order valence-corrected chi connectivity index (χ3v) is 4.46. The average molecular weight is 374 g/mol. The number of carbonyl (C=O) groups is 1. The zero-order valence-electron chi connectivity index (χ0n) is 14.2. The molecule has 3 rings (SSSR count). The number of aryl methyl sites for hydroxylation is 1. The second-order valence-electron chi connectivity index (χ2n) is 5.55. The van der Waals surface area contributed by atoms with Crippen LogP contribution in [-0.4, -0.2) is 17.5 Å². The third kappa shape index (κ3) is 3.88. The number of hydrogen-bond donors (Lipinski definition) is 1. The Bertz CT molecular complexity index is 956. The van der Waals surface area contributed by atoms with Crippen LogP contribution in [-0.2, 0) is 0 Å². The van der Waals surface area contributed by atoms with E-state index in [-0.39, 0.29) is 16.9 Å². The summed E-state index contributed by atoms with van der Waals surface area (Å²) >= 11 is 1.14. The summed E-state index contributed by atoms with van der Waals surface area (Å²) in [4.78, 5) is 16.5. The summed E-state index contributed by atoms with van der Waals surface area (Å²) < 4.78 is 33.3. The van der Waals surface area contributed by atoms with Crippen LogP contribution in [0.1, 0.15) is 23.0 Å². The van der Waals surface area contributed by atoms with Gasteiger partial charge in [-0.25, -0.2) is 13.8 Å². The molecule has 0 aliphatic heterocycles. The van der Waals surface area contributed by atoms with Crippen molar-refractivity contribution >= 4 is 22.9 Å². The maximum absolute atomic E-state index is 14.3. The Hall–Kier alpha value is -2.80. The number of anilines is 1. The number of carbonyl (C=O) groups excluding carboxylic acids is 1. The summed E-state index contributed by atoms with van der Waals surface area (Å²) in [5, 5.41) is 4.36. The standard InChI is InChI=1S/C19H16F2N2O2S/c1-3-25-12-5-6-13(15(21)9-12)19-23-17(10-26-19)18(24)22-16-8-11(2)4-7-14(16)20/h4-10H,3H2,1-2H3,(H,22,24). The van der Waals surface area contributed by atoms with Crippen molar-refractivity contribution in [1.82, 2.24) is 4.98 Å². The van der Waals surface area contributed by atoms with Gasteiger partial charge in [-0.2, -0.15) is 0 Å². The van der Waals surface area contributed by atoms with E-state index in [0.29, 0.717) is 17.4 Å². The van der Waals surface area contributed by atoms with Crippen LogP contribution >= 0.6 is 11.3 Å². The normalized spacial score (nSPS) is 10.6. The molecule has 0 saturated carbocycles. The van der Waals surface area contributed by atoms with Crippen molar-refractivity contribution in [3.05, 3.63) is 64.7 Å². The number of hydrogen-bond acceptors (Lipinski definition) is 4. The molecule has 2 aromatic carbocycles. The second-order valence-corrected chi connectivity index (χ2v) is 6.41. The Labute approximate surface area is 153 Å². The van der Waals surface area contributed by atoms with Gasteiger partial charge in [0, 0.05) is 17.0 Å². The number of aromatic nitrogens is 1. The van der Waals surface area contributed by atoms with Gasteiger partial charge in [0.1, 0.15) is 28.1 Å². The zero-order chi connectivity index (χ0) is 18.7. The Morgan fingerprint density at radius 2 is 2.00 bits per heavy atom. The fraction of sp³-hybridized carbons (Fsp3) is 0.158. The number of nitrogens with one attached hydrogen (secondary N) is 1. The molecule has 0 bridgehead atoms. The van der Waals surface area contributed by atoms with Crippen LogP contribution in [0.3, 0.4) is 0 Å². The molecule has 0 atom stereocenters. The molecule has 0 saturated heterocycles. The van der Waals surface area contributed by atoms with E-state index in [2.05, 4.69) is 10.3 Å². The van der Waals surface area contributed by atoms with Crippen LogP contribution < -0.4 is 10.1 Å². The highest BCUT2D eigenvalue weighted by Gasteiger charge is 2.16. The smallest absolute Gasteiger partial charge is 0.275 e. The van der Waals surface area contributed by atoms with Gasteiger partial charge in [-0.3, -0.25) is 4.79 Å². The van der Waals surface area contributed by atoms with E-state index in [1.54, 1.807) is 25.1 Å². The van der Waals surface area contributed by atoms with Gasteiger partial charge in [0.15, 0.2) is 0 Å². The fourth-order valence-electron chi connectivity index (χ4n) is 2.35. The molecule has 4 nitrogen and oxygen atoms in total. The molecule has 1 heterocycles. The van der Waals surface area contributed by atoms with Crippen LogP contribution in [0.15, 0.2) is 41.8 Å². The fourth-order valence-corrected chi connectivity index (χ4v) is 3.18. The SMILES string of the molecule is CCOc1ccc(-c2nc(C(=O)Nc3cc(C)ccc3F)cs2)c(F)c1. The number of amides is 1. The van der Waals surface area contributed by atoms with Crippen molar-refractivity contribution in [1.29, 1.82) is 0 Å². The van der Waals surface area contributed by atoms with Gasteiger partial charge in [-0.05, 0) is 43.7 Å². The topological polar surface area (TPSA) is 51.2 Å². The highest BCUT2D eigenvalue weighted by Crippen LogP contribution is 2.29. The van der Waals surface area contributed by atoms with E-state index in [0.717, 1.165) is 16.9 Å². The summed E-state index contributed by atoms with van der Waals surface area (Å²) in [6, 6.07) is 8.91. The maximum atomic E-state index is 14.3. The predicted molar refractivity (Wildman–Crippen MR) is 97.8 cm³/mol. The van der Waals surface area contributed by atoms with Crippen molar-refractivity contribution < 1.29 is 18.3 Å². The van der Waals surface area contributed by atoms with Gasteiger partial charge in [0.25, 0.3) is 5.91 Å². The Kier molecular flexibility index (Phi) is 5.27. The average Bonchev–Trinajstić information content (AvgIpc) is 3.08. The minimum absolute atomic E-state index is 0.0804. The number of halogens is 2. The van der Waals surface area contributed by atoms with Gasteiger partial charge in [-0.1, -0.05) is 6.07 Å². The van der Waals surface area contributed by atoms with Crippen molar-refractivity contribution in [3.63, 3.8) is 0 Å². The summed E-state index contributed by atoms with van der Waals surface area (Å²) in [7, 11) is 0.